The number of fused-ring (bicyclic) bond motifs is 1. The molecule has 0 aliphatic carbocycles. The molecule has 0 fully saturated rings. The fraction of sp³-hybridized carbons (Fsp3) is 0.0667. The van der Waals surface area contributed by atoms with Crippen molar-refractivity contribution in [1.82, 2.24) is 4.98 Å². The van der Waals surface area contributed by atoms with E-state index in [4.69, 9.17) is 0 Å². The summed E-state index contributed by atoms with van der Waals surface area (Å²) >= 11 is 0. The molecule has 1 N–H and O–H groups in total. The van der Waals surface area contributed by atoms with Gasteiger partial charge in [0, 0.05) is 16.6 Å². The van der Waals surface area contributed by atoms with Crippen LogP contribution in [0.2, 0.25) is 0 Å². The van der Waals surface area contributed by atoms with Crippen LogP contribution in [0.5, 0.6) is 0 Å². The lowest BCUT2D eigenvalue weighted by Gasteiger charge is -2.00. The van der Waals surface area contributed by atoms with Crippen LogP contribution in [0.1, 0.15) is 5.56 Å². The highest BCUT2D eigenvalue weighted by Gasteiger charge is 2.06. The summed E-state index contributed by atoms with van der Waals surface area (Å²) in [4.78, 5) is 3.20. The lowest BCUT2D eigenvalue weighted by Crippen LogP contribution is -1.84. The normalized spacial score (nSPS) is 11.1. The van der Waals surface area contributed by atoms with Gasteiger partial charge in [0.15, 0.2) is 0 Å². The van der Waals surface area contributed by atoms with E-state index < -0.39 is 0 Å². The second-order valence-electron chi connectivity index (χ2n) is 4.38. The highest BCUT2D eigenvalue weighted by molar-refractivity contribution is 5.85. The molecule has 0 unspecified atom stereocenters. The first-order valence-corrected chi connectivity index (χ1v) is 5.68. The number of aromatic nitrogens is 1. The van der Waals surface area contributed by atoms with Gasteiger partial charge in [-0.05, 0) is 60.5 Å². The van der Waals surface area contributed by atoms with Crippen LogP contribution in [0, 0.1) is 18.6 Å². The van der Waals surface area contributed by atoms with Crippen molar-refractivity contribution in [3.63, 3.8) is 0 Å². The van der Waals surface area contributed by atoms with Crippen LogP contribution < -0.4 is 0 Å². The molecule has 1 nitrogen and oxygen atoms in total. The Morgan fingerprint density at radius 2 is 1.78 bits per heavy atom. The number of benzene rings is 2. The molecule has 0 amide bonds. The van der Waals surface area contributed by atoms with Gasteiger partial charge in [-0.1, -0.05) is 0 Å². The van der Waals surface area contributed by atoms with Crippen LogP contribution >= 0.6 is 0 Å². The Hall–Kier alpha value is -2.16. The Kier molecular flexibility index (Phi) is 2.40. The molecule has 3 aromatic rings. The lowest BCUT2D eigenvalue weighted by molar-refractivity contribution is 0.619. The zero-order valence-electron chi connectivity index (χ0n) is 9.80. The van der Waals surface area contributed by atoms with Crippen LogP contribution in [0.4, 0.5) is 8.78 Å². The van der Waals surface area contributed by atoms with Crippen molar-refractivity contribution < 1.29 is 8.78 Å². The van der Waals surface area contributed by atoms with E-state index in [0.29, 0.717) is 5.56 Å². The van der Waals surface area contributed by atoms with Crippen molar-refractivity contribution in [3.05, 3.63) is 59.7 Å². The third kappa shape index (κ3) is 1.78. The molecule has 1 heterocycles. The van der Waals surface area contributed by atoms with E-state index >= 15 is 0 Å². The average molecular weight is 243 g/mol. The molecular weight excluding hydrogens is 232 g/mol. The molecule has 0 saturated carbocycles. The first kappa shape index (κ1) is 11.0. The van der Waals surface area contributed by atoms with Gasteiger partial charge in [-0.3, -0.25) is 0 Å². The molecule has 18 heavy (non-hydrogen) atoms. The van der Waals surface area contributed by atoms with Gasteiger partial charge in [0.25, 0.3) is 0 Å². The number of halogens is 2. The van der Waals surface area contributed by atoms with Gasteiger partial charge in [0.1, 0.15) is 11.6 Å². The molecule has 0 bridgehead atoms. The van der Waals surface area contributed by atoms with Crippen molar-refractivity contribution in [1.29, 1.82) is 0 Å². The second kappa shape index (κ2) is 3.95. The molecule has 90 valence electrons. The van der Waals surface area contributed by atoms with Gasteiger partial charge in [0.2, 0.25) is 0 Å². The lowest BCUT2D eigenvalue weighted by atomic mass is 10.1. The van der Waals surface area contributed by atoms with Gasteiger partial charge in [-0.15, -0.1) is 0 Å². The predicted molar refractivity (Wildman–Crippen MR) is 68.4 cm³/mol. The standard InChI is InChI=1S/C15H11F2N/c1-9-6-10(2-4-13(9)17)15-8-11-7-12(16)3-5-14(11)18-15/h2-8,18H,1H3. The Bertz CT molecular complexity index is 728. The number of nitrogens with one attached hydrogen (secondary N) is 1. The van der Waals surface area contributed by atoms with E-state index in [1.165, 1.54) is 18.2 Å². The van der Waals surface area contributed by atoms with Crippen molar-refractivity contribution in [2.24, 2.45) is 0 Å². The predicted octanol–water partition coefficient (Wildman–Crippen LogP) is 4.42. The van der Waals surface area contributed by atoms with E-state index in [1.54, 1.807) is 25.1 Å². The number of hydrogen-bond acceptors (Lipinski definition) is 0. The smallest absolute Gasteiger partial charge is 0.126 e. The first-order valence-electron chi connectivity index (χ1n) is 5.68. The number of hydrogen-bond donors (Lipinski definition) is 1. The molecule has 2 aromatic carbocycles. The second-order valence-corrected chi connectivity index (χ2v) is 4.38. The third-order valence-electron chi connectivity index (χ3n) is 3.05. The summed E-state index contributed by atoms with van der Waals surface area (Å²) < 4.78 is 26.3. The van der Waals surface area contributed by atoms with Crippen LogP contribution in [0.25, 0.3) is 22.2 Å². The fourth-order valence-electron chi connectivity index (χ4n) is 2.07. The summed E-state index contributed by atoms with van der Waals surface area (Å²) in [6.07, 6.45) is 0. The summed E-state index contributed by atoms with van der Waals surface area (Å²) in [7, 11) is 0. The van der Waals surface area contributed by atoms with E-state index in [9.17, 15) is 8.78 Å². The highest BCUT2D eigenvalue weighted by atomic mass is 19.1. The summed E-state index contributed by atoms with van der Waals surface area (Å²) in [6, 6.07) is 11.4. The topological polar surface area (TPSA) is 15.8 Å². The molecule has 3 rings (SSSR count). The SMILES string of the molecule is Cc1cc(-c2cc3cc(F)ccc3[nH]2)ccc1F. The minimum Gasteiger partial charge on any atom is -0.355 e. The average Bonchev–Trinajstić information content (AvgIpc) is 2.75. The number of rotatable bonds is 1. The zero-order chi connectivity index (χ0) is 12.7. The van der Waals surface area contributed by atoms with E-state index in [0.717, 1.165) is 22.2 Å². The molecule has 1 aromatic heterocycles. The number of aryl methyl sites for hydroxylation is 1. The Balaban J connectivity index is 2.16. The van der Waals surface area contributed by atoms with Crippen LogP contribution in [0.3, 0.4) is 0 Å². The minimum absolute atomic E-state index is 0.221. The maximum atomic E-state index is 13.2. The van der Waals surface area contributed by atoms with Gasteiger partial charge >= 0.3 is 0 Å². The van der Waals surface area contributed by atoms with E-state index in [2.05, 4.69) is 4.98 Å². The highest BCUT2D eigenvalue weighted by Crippen LogP contribution is 2.25. The Morgan fingerprint density at radius 1 is 0.944 bits per heavy atom. The number of H-pyrrole nitrogens is 1. The Labute approximate surface area is 103 Å². The molecule has 0 saturated heterocycles. The summed E-state index contributed by atoms with van der Waals surface area (Å²) in [5.74, 6) is -0.482. The minimum atomic E-state index is -0.261. The Morgan fingerprint density at radius 3 is 2.56 bits per heavy atom. The monoisotopic (exact) mass is 243 g/mol. The van der Waals surface area contributed by atoms with E-state index in [1.807, 2.05) is 6.07 Å². The summed E-state index contributed by atoms with van der Waals surface area (Å²) in [5, 5.41) is 0.812. The molecular formula is C15H11F2N. The maximum Gasteiger partial charge on any atom is 0.126 e. The van der Waals surface area contributed by atoms with Crippen LogP contribution in [-0.4, -0.2) is 4.98 Å². The molecule has 0 aliphatic rings. The third-order valence-corrected chi connectivity index (χ3v) is 3.05. The van der Waals surface area contributed by atoms with Gasteiger partial charge < -0.3 is 4.98 Å². The van der Waals surface area contributed by atoms with Gasteiger partial charge in [-0.2, -0.15) is 0 Å². The molecule has 0 spiro atoms. The van der Waals surface area contributed by atoms with E-state index in [-0.39, 0.29) is 11.6 Å². The van der Waals surface area contributed by atoms with Crippen molar-refractivity contribution in [2.45, 2.75) is 6.92 Å². The summed E-state index contributed by atoms with van der Waals surface area (Å²) in [6.45, 7) is 1.72. The van der Waals surface area contributed by atoms with Crippen LogP contribution in [0.15, 0.2) is 42.5 Å². The molecule has 0 aliphatic heterocycles. The first-order chi connectivity index (χ1) is 8.63. The van der Waals surface area contributed by atoms with Crippen molar-refractivity contribution >= 4 is 10.9 Å². The van der Waals surface area contributed by atoms with Crippen molar-refractivity contribution in [3.8, 4) is 11.3 Å². The summed E-state index contributed by atoms with van der Waals surface area (Å²) in [5.41, 5.74) is 3.22. The largest absolute Gasteiger partial charge is 0.355 e. The fourth-order valence-corrected chi connectivity index (χ4v) is 2.07. The number of aromatic amines is 1. The maximum absolute atomic E-state index is 13.2. The molecule has 0 radical (unpaired) electrons. The molecule has 0 atom stereocenters. The quantitative estimate of drug-likeness (QED) is 0.651. The van der Waals surface area contributed by atoms with Gasteiger partial charge in [-0.25, -0.2) is 8.78 Å². The molecule has 3 heteroatoms. The van der Waals surface area contributed by atoms with Crippen molar-refractivity contribution in [2.75, 3.05) is 0 Å². The van der Waals surface area contributed by atoms with Crippen LogP contribution in [-0.2, 0) is 0 Å². The van der Waals surface area contributed by atoms with Gasteiger partial charge in [0.05, 0.1) is 0 Å². The zero-order valence-corrected chi connectivity index (χ0v) is 9.80.